The Bertz CT molecular complexity index is 1140. The van der Waals surface area contributed by atoms with Gasteiger partial charge < -0.3 is 10.3 Å². The van der Waals surface area contributed by atoms with E-state index in [1.807, 2.05) is 0 Å². The summed E-state index contributed by atoms with van der Waals surface area (Å²) in [4.78, 5) is 38.9. The number of amides is 1. The predicted octanol–water partition coefficient (Wildman–Crippen LogP) is 2.25. The van der Waals surface area contributed by atoms with Crippen molar-refractivity contribution >= 4 is 11.6 Å². The highest BCUT2D eigenvalue weighted by molar-refractivity contribution is 6.03. The number of H-pyrrole nitrogens is 1. The minimum absolute atomic E-state index is 0.0761. The molecule has 0 unspecified atom stereocenters. The van der Waals surface area contributed by atoms with Crippen molar-refractivity contribution in [2.75, 3.05) is 5.32 Å². The molecule has 0 spiro atoms. The molecule has 0 saturated heterocycles. The molecule has 27 heavy (non-hydrogen) atoms. The van der Waals surface area contributed by atoms with Crippen LogP contribution in [-0.2, 0) is 6.54 Å². The largest absolute Gasteiger partial charge is 0.328 e. The van der Waals surface area contributed by atoms with Crippen molar-refractivity contribution in [3.05, 3.63) is 98.1 Å². The number of hydrogen-bond acceptors (Lipinski definition) is 3. The van der Waals surface area contributed by atoms with Crippen LogP contribution < -0.4 is 16.6 Å². The van der Waals surface area contributed by atoms with Crippen LogP contribution in [0.15, 0.2) is 58.3 Å². The number of hydrogen-bond donors (Lipinski definition) is 2. The molecule has 0 aliphatic heterocycles. The summed E-state index contributed by atoms with van der Waals surface area (Å²) in [5, 5.41) is 2.13. The molecule has 0 radical (unpaired) electrons. The Hall–Kier alpha value is -3.62. The van der Waals surface area contributed by atoms with Gasteiger partial charge in [0, 0.05) is 17.8 Å². The van der Waals surface area contributed by atoms with E-state index >= 15 is 0 Å². The van der Waals surface area contributed by atoms with E-state index < -0.39 is 46.7 Å². The molecule has 2 aromatic carbocycles. The molecule has 2 N–H and O–H groups in total. The number of carbonyl (C=O) groups excluding carboxylic acids is 1. The predicted molar refractivity (Wildman–Crippen MR) is 91.1 cm³/mol. The van der Waals surface area contributed by atoms with Crippen LogP contribution in [0.4, 0.5) is 18.9 Å². The van der Waals surface area contributed by atoms with Gasteiger partial charge in [-0.05, 0) is 18.2 Å². The smallest absolute Gasteiger partial charge is 0.319 e. The van der Waals surface area contributed by atoms with Crippen molar-refractivity contribution in [3.8, 4) is 0 Å². The number of benzene rings is 2. The minimum atomic E-state index is -1.03. The maximum Gasteiger partial charge on any atom is 0.328 e. The lowest BCUT2D eigenvalue weighted by Gasteiger charge is -2.09. The second-order valence-electron chi connectivity index (χ2n) is 5.57. The van der Waals surface area contributed by atoms with Crippen LogP contribution in [0.3, 0.4) is 0 Å². The molecule has 0 fully saturated rings. The van der Waals surface area contributed by atoms with E-state index in [1.165, 1.54) is 24.3 Å². The quantitative estimate of drug-likeness (QED) is 0.734. The zero-order chi connectivity index (χ0) is 19.6. The van der Waals surface area contributed by atoms with Crippen LogP contribution in [0.1, 0.15) is 15.9 Å². The van der Waals surface area contributed by atoms with Crippen LogP contribution in [0, 0.1) is 17.5 Å². The summed E-state index contributed by atoms with van der Waals surface area (Å²) in [6.07, 6.45) is 0.874. The molecule has 0 aliphatic rings. The third-order valence-electron chi connectivity index (χ3n) is 3.77. The number of aromatic amines is 1. The summed E-state index contributed by atoms with van der Waals surface area (Å²) in [6, 6.07) is 8.04. The minimum Gasteiger partial charge on any atom is -0.319 e. The Labute approximate surface area is 149 Å². The van der Waals surface area contributed by atoms with Gasteiger partial charge >= 0.3 is 5.69 Å². The zero-order valence-electron chi connectivity index (χ0n) is 13.6. The molecular weight excluding hydrogens is 363 g/mol. The van der Waals surface area contributed by atoms with Crippen LogP contribution in [-0.4, -0.2) is 15.5 Å². The van der Waals surface area contributed by atoms with Gasteiger partial charge in [-0.25, -0.2) is 18.0 Å². The Morgan fingerprint density at radius 3 is 2.48 bits per heavy atom. The fourth-order valence-electron chi connectivity index (χ4n) is 2.39. The number of halogens is 3. The van der Waals surface area contributed by atoms with E-state index in [4.69, 9.17) is 0 Å². The van der Waals surface area contributed by atoms with Crippen molar-refractivity contribution in [2.24, 2.45) is 0 Å². The number of nitrogens with zero attached hydrogens (tertiary/aromatic N) is 1. The van der Waals surface area contributed by atoms with Crippen LogP contribution in [0.2, 0.25) is 0 Å². The van der Waals surface area contributed by atoms with Gasteiger partial charge in [0.2, 0.25) is 0 Å². The number of anilines is 1. The lowest BCUT2D eigenvalue weighted by Crippen LogP contribution is -2.39. The number of nitrogens with one attached hydrogen (secondary N) is 2. The highest BCUT2D eigenvalue weighted by Gasteiger charge is 2.17. The summed E-state index contributed by atoms with van der Waals surface area (Å²) in [5.41, 5.74) is -2.58. The van der Waals surface area contributed by atoms with Crippen LogP contribution in [0.25, 0.3) is 0 Å². The third-order valence-corrected chi connectivity index (χ3v) is 3.77. The molecule has 3 aromatic rings. The van der Waals surface area contributed by atoms with E-state index in [-0.39, 0.29) is 11.3 Å². The molecule has 0 saturated carbocycles. The van der Waals surface area contributed by atoms with E-state index in [2.05, 4.69) is 10.3 Å². The van der Waals surface area contributed by atoms with Gasteiger partial charge in [-0.3, -0.25) is 14.2 Å². The number of carbonyl (C=O) groups is 1. The molecular formula is C18H12F3N3O3. The van der Waals surface area contributed by atoms with Gasteiger partial charge in [0.25, 0.3) is 11.5 Å². The zero-order valence-corrected chi connectivity index (χ0v) is 13.6. The SMILES string of the molecule is O=C(Nc1ccc(F)cc1F)c1c[nH]c(=O)n(Cc2ccccc2F)c1=O. The van der Waals surface area contributed by atoms with E-state index in [1.54, 1.807) is 0 Å². The molecule has 138 valence electrons. The van der Waals surface area contributed by atoms with Crippen LogP contribution in [0.5, 0.6) is 0 Å². The Kier molecular flexibility index (Phi) is 4.93. The topological polar surface area (TPSA) is 84.0 Å². The van der Waals surface area contributed by atoms with Crippen molar-refractivity contribution in [1.29, 1.82) is 0 Å². The second-order valence-corrected chi connectivity index (χ2v) is 5.57. The van der Waals surface area contributed by atoms with Gasteiger partial charge in [-0.1, -0.05) is 18.2 Å². The Morgan fingerprint density at radius 1 is 1.04 bits per heavy atom. The third kappa shape index (κ3) is 3.81. The van der Waals surface area contributed by atoms with Crippen LogP contribution >= 0.6 is 0 Å². The Morgan fingerprint density at radius 2 is 1.78 bits per heavy atom. The average Bonchev–Trinajstić information content (AvgIpc) is 2.62. The van der Waals surface area contributed by atoms with Gasteiger partial charge in [0.1, 0.15) is 23.0 Å². The molecule has 0 bridgehead atoms. The summed E-state index contributed by atoms with van der Waals surface area (Å²) in [6.45, 7) is -0.396. The lowest BCUT2D eigenvalue weighted by molar-refractivity contribution is 0.102. The van der Waals surface area contributed by atoms with Gasteiger partial charge in [0.15, 0.2) is 0 Å². The first kappa shape index (κ1) is 18.2. The maximum absolute atomic E-state index is 13.8. The van der Waals surface area contributed by atoms with Crippen molar-refractivity contribution in [3.63, 3.8) is 0 Å². The summed E-state index contributed by atoms with van der Waals surface area (Å²) < 4.78 is 41.0. The van der Waals surface area contributed by atoms with E-state index in [0.717, 1.165) is 18.3 Å². The molecule has 0 aliphatic carbocycles. The van der Waals surface area contributed by atoms with Gasteiger partial charge in [-0.2, -0.15) is 0 Å². The van der Waals surface area contributed by atoms with Gasteiger partial charge in [0.05, 0.1) is 12.2 Å². The fraction of sp³-hybridized carbons (Fsp3) is 0.0556. The average molecular weight is 375 g/mol. The first-order valence-electron chi connectivity index (χ1n) is 7.69. The molecule has 6 nitrogen and oxygen atoms in total. The lowest BCUT2D eigenvalue weighted by atomic mass is 10.2. The van der Waals surface area contributed by atoms with Crippen molar-refractivity contribution in [2.45, 2.75) is 6.54 Å². The maximum atomic E-state index is 13.8. The highest BCUT2D eigenvalue weighted by atomic mass is 19.1. The van der Waals surface area contributed by atoms with Crippen molar-refractivity contribution < 1.29 is 18.0 Å². The van der Waals surface area contributed by atoms with Gasteiger partial charge in [-0.15, -0.1) is 0 Å². The first-order chi connectivity index (χ1) is 12.9. The molecule has 3 rings (SSSR count). The molecule has 1 heterocycles. The standard InChI is InChI=1S/C18H12F3N3O3/c19-11-5-6-15(14(21)7-11)23-16(25)12-8-22-18(27)24(17(12)26)9-10-3-1-2-4-13(10)20/h1-8H,9H2,(H,22,27)(H,23,25). The molecule has 0 atom stereocenters. The number of rotatable bonds is 4. The van der Waals surface area contributed by atoms with Crippen molar-refractivity contribution in [1.82, 2.24) is 9.55 Å². The highest BCUT2D eigenvalue weighted by Crippen LogP contribution is 2.15. The summed E-state index contributed by atoms with van der Waals surface area (Å²) in [7, 11) is 0. The number of aromatic nitrogens is 2. The van der Waals surface area contributed by atoms with E-state index in [0.29, 0.717) is 10.6 Å². The normalized spacial score (nSPS) is 10.6. The summed E-state index contributed by atoms with van der Waals surface area (Å²) >= 11 is 0. The Balaban J connectivity index is 1.95. The van der Waals surface area contributed by atoms with E-state index in [9.17, 15) is 27.6 Å². The molecule has 9 heteroatoms. The fourth-order valence-corrected chi connectivity index (χ4v) is 2.39. The first-order valence-corrected chi connectivity index (χ1v) is 7.69. The summed E-state index contributed by atoms with van der Waals surface area (Å²) in [5.74, 6) is -3.49. The monoisotopic (exact) mass is 375 g/mol. The second kappa shape index (κ2) is 7.32. The molecule has 1 amide bonds. The molecule has 1 aromatic heterocycles.